The van der Waals surface area contributed by atoms with Gasteiger partial charge in [0, 0.05) is 25.5 Å². The zero-order chi connectivity index (χ0) is 11.2. The van der Waals surface area contributed by atoms with Crippen molar-refractivity contribution in [1.82, 2.24) is 14.9 Å². The van der Waals surface area contributed by atoms with Crippen molar-refractivity contribution in [1.29, 1.82) is 0 Å². The van der Waals surface area contributed by atoms with Gasteiger partial charge in [-0.05, 0) is 37.8 Å². The Hall–Kier alpha value is -1.00. The standard InChI is InChI=1S/C12H19N3O/c16-8-4-11-3-1-7-15(9-11)10-12-13-5-2-6-14-12/h2,5-6,11,16H,1,3-4,7-10H2. The number of hydrogen-bond acceptors (Lipinski definition) is 4. The Kier molecular flexibility index (Phi) is 4.25. The predicted octanol–water partition coefficient (Wildman–Crippen LogP) is 1.07. The molecule has 1 aliphatic heterocycles. The summed E-state index contributed by atoms with van der Waals surface area (Å²) in [7, 11) is 0. The van der Waals surface area contributed by atoms with Gasteiger partial charge in [0.25, 0.3) is 0 Å². The molecule has 88 valence electrons. The van der Waals surface area contributed by atoms with Crippen LogP contribution >= 0.6 is 0 Å². The van der Waals surface area contributed by atoms with E-state index in [4.69, 9.17) is 5.11 Å². The van der Waals surface area contributed by atoms with Crippen LogP contribution in [0, 0.1) is 5.92 Å². The average Bonchev–Trinajstić information content (AvgIpc) is 2.31. The second-order valence-electron chi connectivity index (χ2n) is 4.42. The number of likely N-dealkylation sites (tertiary alicyclic amines) is 1. The molecule has 1 aliphatic rings. The van der Waals surface area contributed by atoms with Crippen molar-refractivity contribution in [2.45, 2.75) is 25.8 Å². The van der Waals surface area contributed by atoms with Crippen LogP contribution in [-0.4, -0.2) is 39.7 Å². The first-order chi connectivity index (χ1) is 7.88. The zero-order valence-electron chi connectivity index (χ0n) is 9.55. The molecule has 1 N–H and O–H groups in total. The predicted molar refractivity (Wildman–Crippen MR) is 61.7 cm³/mol. The van der Waals surface area contributed by atoms with Crippen LogP contribution in [0.2, 0.25) is 0 Å². The van der Waals surface area contributed by atoms with Gasteiger partial charge in [0.05, 0.1) is 6.54 Å². The van der Waals surface area contributed by atoms with Crippen molar-refractivity contribution in [2.24, 2.45) is 5.92 Å². The van der Waals surface area contributed by atoms with Gasteiger partial charge < -0.3 is 5.11 Å². The van der Waals surface area contributed by atoms with Crippen LogP contribution < -0.4 is 0 Å². The van der Waals surface area contributed by atoms with E-state index in [9.17, 15) is 0 Å². The summed E-state index contributed by atoms with van der Waals surface area (Å²) in [4.78, 5) is 10.9. The minimum absolute atomic E-state index is 0.306. The van der Waals surface area contributed by atoms with Gasteiger partial charge in [-0.1, -0.05) is 0 Å². The minimum Gasteiger partial charge on any atom is -0.396 e. The van der Waals surface area contributed by atoms with Crippen LogP contribution in [0.1, 0.15) is 25.1 Å². The zero-order valence-corrected chi connectivity index (χ0v) is 9.55. The Bertz CT molecular complexity index is 302. The molecule has 1 aromatic heterocycles. The van der Waals surface area contributed by atoms with Gasteiger partial charge in [0.2, 0.25) is 0 Å². The van der Waals surface area contributed by atoms with Crippen molar-refractivity contribution in [3.63, 3.8) is 0 Å². The maximum Gasteiger partial charge on any atom is 0.142 e. The second-order valence-corrected chi connectivity index (χ2v) is 4.42. The minimum atomic E-state index is 0.306. The summed E-state index contributed by atoms with van der Waals surface area (Å²) in [5, 5.41) is 8.95. The number of hydrogen-bond donors (Lipinski definition) is 1. The number of aromatic nitrogens is 2. The molecule has 1 atom stereocenters. The van der Waals surface area contributed by atoms with E-state index in [1.165, 1.54) is 12.8 Å². The SMILES string of the molecule is OCCC1CCCN(Cc2ncccn2)C1. The van der Waals surface area contributed by atoms with Crippen molar-refractivity contribution < 1.29 is 5.11 Å². The molecule has 0 radical (unpaired) electrons. The van der Waals surface area contributed by atoms with E-state index in [1.54, 1.807) is 12.4 Å². The fourth-order valence-corrected chi connectivity index (χ4v) is 2.32. The van der Waals surface area contributed by atoms with E-state index >= 15 is 0 Å². The molecule has 1 saturated heterocycles. The fraction of sp³-hybridized carbons (Fsp3) is 0.667. The molecule has 0 spiro atoms. The lowest BCUT2D eigenvalue weighted by molar-refractivity contribution is 0.140. The van der Waals surface area contributed by atoms with Crippen molar-refractivity contribution in [3.05, 3.63) is 24.3 Å². The van der Waals surface area contributed by atoms with E-state index < -0.39 is 0 Å². The molecule has 1 fully saturated rings. The third kappa shape index (κ3) is 3.25. The van der Waals surface area contributed by atoms with Crippen molar-refractivity contribution >= 4 is 0 Å². The number of nitrogens with zero attached hydrogens (tertiary/aromatic N) is 3. The first kappa shape index (κ1) is 11.5. The smallest absolute Gasteiger partial charge is 0.142 e. The number of piperidine rings is 1. The molecular weight excluding hydrogens is 202 g/mol. The van der Waals surface area contributed by atoms with Crippen LogP contribution in [0.3, 0.4) is 0 Å². The lowest BCUT2D eigenvalue weighted by Gasteiger charge is -2.31. The largest absolute Gasteiger partial charge is 0.396 e. The molecule has 2 rings (SSSR count). The summed E-state index contributed by atoms with van der Waals surface area (Å²) in [5.41, 5.74) is 0. The molecule has 4 heteroatoms. The topological polar surface area (TPSA) is 49.2 Å². The van der Waals surface area contributed by atoms with Gasteiger partial charge in [-0.3, -0.25) is 4.90 Å². The third-order valence-corrected chi connectivity index (χ3v) is 3.12. The summed E-state index contributed by atoms with van der Waals surface area (Å²) in [6.45, 7) is 3.34. The molecule has 0 amide bonds. The van der Waals surface area contributed by atoms with E-state index in [0.29, 0.717) is 12.5 Å². The van der Waals surface area contributed by atoms with Crippen LogP contribution in [0.5, 0.6) is 0 Å². The molecule has 0 saturated carbocycles. The Morgan fingerprint density at radius 1 is 1.38 bits per heavy atom. The first-order valence-corrected chi connectivity index (χ1v) is 5.97. The molecule has 1 unspecified atom stereocenters. The quantitative estimate of drug-likeness (QED) is 0.826. The summed E-state index contributed by atoms with van der Waals surface area (Å²) in [5.74, 6) is 1.54. The lowest BCUT2D eigenvalue weighted by atomic mass is 9.95. The molecule has 0 aromatic carbocycles. The highest BCUT2D eigenvalue weighted by molar-refractivity contribution is 4.89. The van der Waals surface area contributed by atoms with E-state index in [2.05, 4.69) is 14.9 Å². The van der Waals surface area contributed by atoms with Crippen LogP contribution in [-0.2, 0) is 6.54 Å². The van der Waals surface area contributed by atoms with Crippen LogP contribution in [0.15, 0.2) is 18.5 Å². The monoisotopic (exact) mass is 221 g/mol. The van der Waals surface area contributed by atoms with Gasteiger partial charge >= 0.3 is 0 Å². The van der Waals surface area contributed by atoms with Crippen molar-refractivity contribution in [3.8, 4) is 0 Å². The maximum absolute atomic E-state index is 8.95. The molecule has 4 nitrogen and oxygen atoms in total. The number of aliphatic hydroxyl groups is 1. The van der Waals surface area contributed by atoms with Crippen LogP contribution in [0.4, 0.5) is 0 Å². The highest BCUT2D eigenvalue weighted by Gasteiger charge is 2.19. The van der Waals surface area contributed by atoms with E-state index in [-0.39, 0.29) is 0 Å². The van der Waals surface area contributed by atoms with Gasteiger partial charge in [0.1, 0.15) is 5.82 Å². The van der Waals surface area contributed by atoms with Crippen LogP contribution in [0.25, 0.3) is 0 Å². The Morgan fingerprint density at radius 2 is 2.19 bits per heavy atom. The number of aliphatic hydroxyl groups excluding tert-OH is 1. The number of rotatable bonds is 4. The van der Waals surface area contributed by atoms with E-state index in [1.807, 2.05) is 6.07 Å². The summed E-state index contributed by atoms with van der Waals surface area (Å²) < 4.78 is 0. The maximum atomic E-state index is 8.95. The Labute approximate surface area is 96.3 Å². The molecule has 1 aromatic rings. The molecule has 0 bridgehead atoms. The Balaban J connectivity index is 1.85. The van der Waals surface area contributed by atoms with Gasteiger partial charge in [0.15, 0.2) is 0 Å². The average molecular weight is 221 g/mol. The normalized spacial score (nSPS) is 22.2. The second kappa shape index (κ2) is 5.92. The molecule has 16 heavy (non-hydrogen) atoms. The molecular formula is C12H19N3O. The lowest BCUT2D eigenvalue weighted by Crippen LogP contribution is -2.35. The molecule has 2 heterocycles. The van der Waals surface area contributed by atoms with Gasteiger partial charge in [-0.2, -0.15) is 0 Å². The third-order valence-electron chi connectivity index (χ3n) is 3.12. The fourth-order valence-electron chi connectivity index (χ4n) is 2.32. The highest BCUT2D eigenvalue weighted by Crippen LogP contribution is 2.19. The molecule has 0 aliphatic carbocycles. The Morgan fingerprint density at radius 3 is 2.94 bits per heavy atom. The summed E-state index contributed by atoms with van der Waals surface area (Å²) in [6, 6.07) is 1.84. The first-order valence-electron chi connectivity index (χ1n) is 5.97. The van der Waals surface area contributed by atoms with E-state index in [0.717, 1.165) is 31.9 Å². The summed E-state index contributed by atoms with van der Waals surface area (Å²) in [6.07, 6.45) is 6.96. The van der Waals surface area contributed by atoms with Gasteiger partial charge in [-0.15, -0.1) is 0 Å². The van der Waals surface area contributed by atoms with Crippen molar-refractivity contribution in [2.75, 3.05) is 19.7 Å². The van der Waals surface area contributed by atoms with Gasteiger partial charge in [-0.25, -0.2) is 9.97 Å². The summed E-state index contributed by atoms with van der Waals surface area (Å²) >= 11 is 0. The highest BCUT2D eigenvalue weighted by atomic mass is 16.3.